The summed E-state index contributed by atoms with van der Waals surface area (Å²) in [5, 5.41) is 12.0. The molecule has 0 aliphatic heterocycles. The molecule has 0 aromatic heterocycles. The first-order valence-corrected chi connectivity index (χ1v) is 11.3. The Morgan fingerprint density at radius 1 is 0.852 bits per heavy atom. The molecule has 0 aliphatic rings. The smallest absolute Gasteiger partial charge is 0.137 e. The fourth-order valence-electron chi connectivity index (χ4n) is 1.53. The monoisotopic (exact) mass is 516 g/mol. The van der Waals surface area contributed by atoms with Gasteiger partial charge in [-0.05, 0) is 49.2 Å². The number of alkyl halides is 1. The normalized spacial score (nSPS) is 9.59. The summed E-state index contributed by atoms with van der Waals surface area (Å²) in [7, 11) is 0. The van der Waals surface area contributed by atoms with Crippen LogP contribution in [0, 0.1) is 0 Å². The van der Waals surface area contributed by atoms with Gasteiger partial charge in [0.15, 0.2) is 0 Å². The van der Waals surface area contributed by atoms with Crippen molar-refractivity contribution in [1.29, 1.82) is 0 Å². The summed E-state index contributed by atoms with van der Waals surface area (Å²) >= 11 is 25.9. The molecule has 0 heterocycles. The SMILES string of the molecule is CCCCBr.CCCCOc1ccc(Cl)cc1Cl.Oc1ccc(Cl)cc1Cl. The van der Waals surface area contributed by atoms with Gasteiger partial charge in [0.1, 0.15) is 11.5 Å². The Labute approximate surface area is 190 Å². The molecule has 2 aromatic carbocycles. The Morgan fingerprint density at radius 2 is 1.41 bits per heavy atom. The lowest BCUT2D eigenvalue weighted by molar-refractivity contribution is 0.309. The number of hydrogen-bond acceptors (Lipinski definition) is 2. The number of rotatable bonds is 6. The van der Waals surface area contributed by atoms with E-state index in [4.69, 9.17) is 56.2 Å². The van der Waals surface area contributed by atoms with Crippen LogP contribution in [0.2, 0.25) is 20.1 Å². The van der Waals surface area contributed by atoms with Crippen LogP contribution in [0.15, 0.2) is 36.4 Å². The largest absolute Gasteiger partial charge is 0.506 e. The van der Waals surface area contributed by atoms with Gasteiger partial charge in [-0.1, -0.05) is 89.0 Å². The molecule has 2 aromatic rings. The van der Waals surface area contributed by atoms with Crippen LogP contribution < -0.4 is 4.74 Å². The number of aromatic hydroxyl groups is 1. The summed E-state index contributed by atoms with van der Waals surface area (Å²) in [6, 6.07) is 9.76. The van der Waals surface area contributed by atoms with Gasteiger partial charge in [-0.2, -0.15) is 0 Å². The lowest BCUT2D eigenvalue weighted by Crippen LogP contribution is -1.96. The number of hydrogen-bond donors (Lipinski definition) is 1. The summed E-state index contributed by atoms with van der Waals surface area (Å²) < 4.78 is 5.44. The van der Waals surface area contributed by atoms with E-state index in [0.29, 0.717) is 27.4 Å². The van der Waals surface area contributed by atoms with Gasteiger partial charge in [-0.25, -0.2) is 0 Å². The maximum absolute atomic E-state index is 8.85. The molecule has 0 bridgehead atoms. The highest BCUT2D eigenvalue weighted by atomic mass is 79.9. The molecule has 0 atom stereocenters. The van der Waals surface area contributed by atoms with E-state index in [-0.39, 0.29) is 10.8 Å². The highest BCUT2D eigenvalue weighted by Crippen LogP contribution is 2.27. The van der Waals surface area contributed by atoms with Crippen LogP contribution in [0.3, 0.4) is 0 Å². The van der Waals surface area contributed by atoms with Gasteiger partial charge in [0, 0.05) is 15.4 Å². The van der Waals surface area contributed by atoms with Gasteiger partial charge in [0.05, 0.1) is 16.7 Å². The molecule has 152 valence electrons. The zero-order chi connectivity index (χ0) is 20.7. The van der Waals surface area contributed by atoms with Crippen LogP contribution in [0.1, 0.15) is 39.5 Å². The quantitative estimate of drug-likeness (QED) is 0.305. The van der Waals surface area contributed by atoms with Crippen LogP contribution in [-0.2, 0) is 0 Å². The van der Waals surface area contributed by atoms with Gasteiger partial charge < -0.3 is 9.84 Å². The van der Waals surface area contributed by atoms with Crippen molar-refractivity contribution in [3.05, 3.63) is 56.5 Å². The van der Waals surface area contributed by atoms with Crippen LogP contribution in [0.4, 0.5) is 0 Å². The third-order valence-electron chi connectivity index (χ3n) is 3.05. The van der Waals surface area contributed by atoms with Gasteiger partial charge in [-0.3, -0.25) is 0 Å². The van der Waals surface area contributed by atoms with E-state index in [0.717, 1.165) is 18.2 Å². The zero-order valence-corrected chi connectivity index (χ0v) is 20.1. The zero-order valence-electron chi connectivity index (χ0n) is 15.5. The molecule has 0 saturated carbocycles. The molecule has 2 rings (SSSR count). The lowest BCUT2D eigenvalue weighted by Gasteiger charge is -2.06. The second-order valence-electron chi connectivity index (χ2n) is 5.42. The standard InChI is InChI=1S/C10H12Cl2O.C6H4Cl2O.C4H9Br/c1-2-3-6-13-10-5-4-8(11)7-9(10)12;7-4-1-2-6(9)5(8)3-4;1-2-3-4-5/h4-5,7H,2-3,6H2,1H3;1-3,9H;2-4H2,1H3. The Hall–Kier alpha value is -0.320. The Morgan fingerprint density at radius 3 is 1.81 bits per heavy atom. The van der Waals surface area contributed by atoms with Crippen LogP contribution >= 0.6 is 62.3 Å². The molecule has 0 unspecified atom stereocenters. The lowest BCUT2D eigenvalue weighted by atomic mass is 10.3. The summed E-state index contributed by atoms with van der Waals surface area (Å²) in [4.78, 5) is 0. The van der Waals surface area contributed by atoms with Crippen molar-refractivity contribution in [3.63, 3.8) is 0 Å². The van der Waals surface area contributed by atoms with Crippen LogP contribution in [0.5, 0.6) is 11.5 Å². The second-order valence-corrected chi connectivity index (χ2v) is 7.90. The number of unbranched alkanes of at least 4 members (excludes halogenated alkanes) is 2. The minimum atomic E-state index is 0.0565. The van der Waals surface area contributed by atoms with E-state index in [1.165, 1.54) is 25.0 Å². The molecule has 0 amide bonds. The maximum Gasteiger partial charge on any atom is 0.137 e. The first-order valence-electron chi connectivity index (χ1n) is 8.63. The molecule has 1 N–H and O–H groups in total. The van der Waals surface area contributed by atoms with Crippen molar-refractivity contribution in [2.24, 2.45) is 0 Å². The molecular formula is C20H25BrCl4O2. The molecule has 7 heteroatoms. The van der Waals surface area contributed by atoms with E-state index in [1.807, 2.05) is 0 Å². The Balaban J connectivity index is 0.000000419. The van der Waals surface area contributed by atoms with Crippen molar-refractivity contribution < 1.29 is 9.84 Å². The van der Waals surface area contributed by atoms with Crippen molar-refractivity contribution in [1.82, 2.24) is 0 Å². The predicted octanol–water partition coefficient (Wildman–Crippen LogP) is 9.05. The van der Waals surface area contributed by atoms with E-state index < -0.39 is 0 Å². The summed E-state index contributed by atoms with van der Waals surface area (Å²) in [5.41, 5.74) is 0. The Bertz CT molecular complexity index is 652. The van der Waals surface area contributed by atoms with Gasteiger partial charge in [-0.15, -0.1) is 0 Å². The molecule has 0 saturated heterocycles. The van der Waals surface area contributed by atoms with Crippen molar-refractivity contribution >= 4 is 62.3 Å². The first-order chi connectivity index (χ1) is 12.8. The van der Waals surface area contributed by atoms with Gasteiger partial charge >= 0.3 is 0 Å². The fourth-order valence-corrected chi connectivity index (χ4v) is 2.97. The number of phenols is 1. The van der Waals surface area contributed by atoms with E-state index in [9.17, 15) is 0 Å². The van der Waals surface area contributed by atoms with Crippen molar-refractivity contribution in [3.8, 4) is 11.5 Å². The third-order valence-corrected chi connectivity index (χ3v) is 4.68. The Kier molecular flexibility index (Phi) is 16.4. The van der Waals surface area contributed by atoms with E-state index in [2.05, 4.69) is 29.8 Å². The number of halogens is 5. The summed E-state index contributed by atoms with van der Waals surface area (Å²) in [6.45, 7) is 5.01. The topological polar surface area (TPSA) is 29.5 Å². The average molecular weight is 519 g/mol. The molecule has 0 fully saturated rings. The van der Waals surface area contributed by atoms with Crippen molar-refractivity contribution in [2.75, 3.05) is 11.9 Å². The van der Waals surface area contributed by atoms with E-state index in [1.54, 1.807) is 24.3 Å². The molecule has 0 spiro atoms. The maximum atomic E-state index is 8.85. The number of benzene rings is 2. The highest BCUT2D eigenvalue weighted by Gasteiger charge is 2.01. The highest BCUT2D eigenvalue weighted by molar-refractivity contribution is 9.09. The average Bonchev–Trinajstić information content (AvgIpc) is 2.62. The van der Waals surface area contributed by atoms with Gasteiger partial charge in [0.25, 0.3) is 0 Å². The fraction of sp³-hybridized carbons (Fsp3) is 0.400. The van der Waals surface area contributed by atoms with Crippen LogP contribution in [0.25, 0.3) is 0 Å². The molecular weight excluding hydrogens is 494 g/mol. The number of phenolic OH excluding ortho intramolecular Hbond substituents is 1. The van der Waals surface area contributed by atoms with E-state index >= 15 is 0 Å². The van der Waals surface area contributed by atoms with Crippen LogP contribution in [-0.4, -0.2) is 17.0 Å². The molecule has 0 radical (unpaired) electrons. The third kappa shape index (κ3) is 13.5. The second kappa shape index (κ2) is 16.6. The van der Waals surface area contributed by atoms with Gasteiger partial charge in [0.2, 0.25) is 0 Å². The minimum Gasteiger partial charge on any atom is -0.506 e. The minimum absolute atomic E-state index is 0.0565. The molecule has 0 aliphatic carbocycles. The predicted molar refractivity (Wildman–Crippen MR) is 124 cm³/mol. The molecule has 27 heavy (non-hydrogen) atoms. The molecule has 2 nitrogen and oxygen atoms in total. The first kappa shape index (κ1) is 26.7. The summed E-state index contributed by atoms with van der Waals surface area (Å²) in [6.07, 6.45) is 4.76. The summed E-state index contributed by atoms with van der Waals surface area (Å²) in [5.74, 6) is 0.764. The van der Waals surface area contributed by atoms with Crippen molar-refractivity contribution in [2.45, 2.75) is 39.5 Å². The number of ether oxygens (including phenoxy) is 1.